The summed E-state index contributed by atoms with van der Waals surface area (Å²) in [4.78, 5) is 12.5. The van der Waals surface area contributed by atoms with Gasteiger partial charge >= 0.3 is 0 Å². The Kier molecular flexibility index (Phi) is 3.82. The molecule has 0 spiro atoms. The molecule has 1 saturated carbocycles. The largest absolute Gasteiger partial charge is 0.399 e. The number of carbonyl (C=O) groups is 1. The summed E-state index contributed by atoms with van der Waals surface area (Å²) in [6.07, 6.45) is 5.94. The molecular formula is C16H22N4O. The molecule has 1 aromatic carbocycles. The van der Waals surface area contributed by atoms with Crippen LogP contribution in [-0.4, -0.2) is 22.1 Å². The highest BCUT2D eigenvalue weighted by Gasteiger charge is 2.24. The maximum atomic E-state index is 12.5. The summed E-state index contributed by atoms with van der Waals surface area (Å²) in [5.41, 5.74) is 7.72. The highest BCUT2D eigenvalue weighted by molar-refractivity contribution is 6.05. The molecule has 1 heterocycles. The second-order valence-electron chi connectivity index (χ2n) is 6.07. The Labute approximate surface area is 124 Å². The minimum atomic E-state index is -0.106. The number of anilines is 1. The van der Waals surface area contributed by atoms with E-state index in [9.17, 15) is 4.79 Å². The number of nitrogens with zero attached hydrogens (tertiary/aromatic N) is 1. The van der Waals surface area contributed by atoms with Crippen molar-refractivity contribution in [1.29, 1.82) is 0 Å². The van der Waals surface area contributed by atoms with Crippen molar-refractivity contribution in [1.82, 2.24) is 15.5 Å². The van der Waals surface area contributed by atoms with Crippen molar-refractivity contribution < 1.29 is 4.79 Å². The molecule has 2 unspecified atom stereocenters. The normalized spacial score (nSPS) is 22.9. The molecule has 0 bridgehead atoms. The van der Waals surface area contributed by atoms with Gasteiger partial charge in [-0.1, -0.05) is 26.2 Å². The Bertz CT molecular complexity index is 649. The molecule has 1 aliphatic carbocycles. The number of H-pyrrole nitrogens is 1. The molecular weight excluding hydrogens is 264 g/mol. The lowest BCUT2D eigenvalue weighted by atomic mass is 9.97. The number of nitrogens with one attached hydrogen (secondary N) is 2. The van der Waals surface area contributed by atoms with Gasteiger partial charge in [-0.25, -0.2) is 0 Å². The molecule has 1 amide bonds. The summed E-state index contributed by atoms with van der Waals surface area (Å²) in [5, 5.41) is 11.0. The van der Waals surface area contributed by atoms with Crippen LogP contribution in [0.1, 0.15) is 49.5 Å². The predicted octanol–water partition coefficient (Wildman–Crippen LogP) is 2.84. The molecule has 4 N–H and O–H groups in total. The standard InChI is InChI=1S/C16H22N4O/c1-10-5-3-2-4-6-13(10)18-16(21)15-12-9-11(17)7-8-14(12)19-20-15/h7-10,13H,2-6,17H2,1H3,(H,18,21)(H,19,20). The Balaban J connectivity index is 1.81. The van der Waals surface area contributed by atoms with Crippen molar-refractivity contribution in [3.05, 3.63) is 23.9 Å². The van der Waals surface area contributed by atoms with E-state index in [0.717, 1.165) is 17.3 Å². The molecule has 0 saturated heterocycles. The molecule has 5 nitrogen and oxygen atoms in total. The third-order valence-electron chi connectivity index (χ3n) is 4.48. The van der Waals surface area contributed by atoms with Gasteiger partial charge in [-0.05, 0) is 37.0 Å². The second-order valence-corrected chi connectivity index (χ2v) is 6.07. The quantitative estimate of drug-likeness (QED) is 0.586. The van der Waals surface area contributed by atoms with E-state index in [1.165, 1.54) is 25.7 Å². The van der Waals surface area contributed by atoms with E-state index in [1.54, 1.807) is 12.1 Å². The molecule has 1 aromatic heterocycles. The lowest BCUT2D eigenvalue weighted by Crippen LogP contribution is -2.39. The average Bonchev–Trinajstić information content (AvgIpc) is 2.77. The zero-order valence-electron chi connectivity index (χ0n) is 12.4. The smallest absolute Gasteiger partial charge is 0.272 e. The number of hydrogen-bond acceptors (Lipinski definition) is 3. The number of fused-ring (bicyclic) bond motifs is 1. The number of carbonyl (C=O) groups excluding carboxylic acids is 1. The number of hydrogen-bond donors (Lipinski definition) is 3. The van der Waals surface area contributed by atoms with Gasteiger partial charge in [-0.3, -0.25) is 9.89 Å². The van der Waals surface area contributed by atoms with Crippen LogP contribution in [0.3, 0.4) is 0 Å². The number of amides is 1. The van der Waals surface area contributed by atoms with Crippen LogP contribution in [0.5, 0.6) is 0 Å². The number of rotatable bonds is 2. The van der Waals surface area contributed by atoms with Crippen molar-refractivity contribution >= 4 is 22.5 Å². The Hall–Kier alpha value is -2.04. The van der Waals surface area contributed by atoms with Crippen LogP contribution in [-0.2, 0) is 0 Å². The van der Waals surface area contributed by atoms with Crippen LogP contribution >= 0.6 is 0 Å². The molecule has 1 aliphatic rings. The fourth-order valence-electron chi connectivity index (χ4n) is 3.15. The summed E-state index contributed by atoms with van der Waals surface area (Å²) in [5.74, 6) is 0.414. The topological polar surface area (TPSA) is 83.8 Å². The summed E-state index contributed by atoms with van der Waals surface area (Å²) in [6, 6.07) is 5.69. The van der Waals surface area contributed by atoms with Crippen molar-refractivity contribution in [2.45, 2.75) is 45.1 Å². The lowest BCUT2D eigenvalue weighted by molar-refractivity contribution is 0.0918. The first-order chi connectivity index (χ1) is 10.1. The van der Waals surface area contributed by atoms with Crippen LogP contribution in [0, 0.1) is 5.92 Å². The number of aromatic amines is 1. The van der Waals surface area contributed by atoms with Gasteiger partial charge in [0.05, 0.1) is 5.52 Å². The van der Waals surface area contributed by atoms with Gasteiger partial charge in [0.15, 0.2) is 5.69 Å². The minimum absolute atomic E-state index is 0.106. The predicted molar refractivity (Wildman–Crippen MR) is 84.0 cm³/mol. The number of nitrogens with two attached hydrogens (primary N) is 1. The summed E-state index contributed by atoms with van der Waals surface area (Å²) >= 11 is 0. The molecule has 0 radical (unpaired) electrons. The molecule has 2 atom stereocenters. The van der Waals surface area contributed by atoms with Crippen LogP contribution in [0.15, 0.2) is 18.2 Å². The van der Waals surface area contributed by atoms with E-state index < -0.39 is 0 Å². The molecule has 0 aliphatic heterocycles. The lowest BCUT2D eigenvalue weighted by Gasteiger charge is -2.22. The van der Waals surface area contributed by atoms with Gasteiger partial charge in [0.2, 0.25) is 0 Å². The van der Waals surface area contributed by atoms with Gasteiger partial charge in [-0.15, -0.1) is 0 Å². The first-order valence-electron chi connectivity index (χ1n) is 7.69. The SMILES string of the molecule is CC1CCCCCC1NC(=O)c1n[nH]c2ccc(N)cc12. The second kappa shape index (κ2) is 5.76. The van der Waals surface area contributed by atoms with Crippen LogP contribution < -0.4 is 11.1 Å². The van der Waals surface area contributed by atoms with E-state index in [1.807, 2.05) is 6.07 Å². The number of benzene rings is 1. The third kappa shape index (κ3) is 2.86. The zero-order chi connectivity index (χ0) is 14.8. The maximum absolute atomic E-state index is 12.5. The highest BCUT2D eigenvalue weighted by atomic mass is 16.2. The van der Waals surface area contributed by atoms with E-state index in [4.69, 9.17) is 5.73 Å². The molecule has 21 heavy (non-hydrogen) atoms. The fourth-order valence-corrected chi connectivity index (χ4v) is 3.15. The van der Waals surface area contributed by atoms with E-state index >= 15 is 0 Å². The maximum Gasteiger partial charge on any atom is 0.272 e. The summed E-state index contributed by atoms with van der Waals surface area (Å²) in [7, 11) is 0. The molecule has 3 rings (SSSR count). The van der Waals surface area contributed by atoms with E-state index in [2.05, 4.69) is 22.4 Å². The molecule has 1 fully saturated rings. The van der Waals surface area contributed by atoms with E-state index in [0.29, 0.717) is 17.3 Å². The first-order valence-corrected chi connectivity index (χ1v) is 7.69. The van der Waals surface area contributed by atoms with Gasteiger partial charge in [0, 0.05) is 17.1 Å². The summed E-state index contributed by atoms with van der Waals surface area (Å²) in [6.45, 7) is 2.22. The monoisotopic (exact) mass is 286 g/mol. The van der Waals surface area contributed by atoms with Gasteiger partial charge in [0.1, 0.15) is 0 Å². The molecule has 2 aromatic rings. The van der Waals surface area contributed by atoms with Gasteiger partial charge in [0.25, 0.3) is 5.91 Å². The average molecular weight is 286 g/mol. The molecule has 5 heteroatoms. The highest BCUT2D eigenvalue weighted by Crippen LogP contribution is 2.24. The minimum Gasteiger partial charge on any atom is -0.399 e. The summed E-state index contributed by atoms with van der Waals surface area (Å²) < 4.78 is 0. The van der Waals surface area contributed by atoms with Crippen LogP contribution in [0.4, 0.5) is 5.69 Å². The van der Waals surface area contributed by atoms with Crippen molar-refractivity contribution in [3.8, 4) is 0 Å². The van der Waals surface area contributed by atoms with Crippen molar-refractivity contribution in [2.75, 3.05) is 5.73 Å². The Morgan fingerprint density at radius 2 is 2.14 bits per heavy atom. The van der Waals surface area contributed by atoms with Crippen molar-refractivity contribution in [2.24, 2.45) is 5.92 Å². The Morgan fingerprint density at radius 3 is 3.00 bits per heavy atom. The fraction of sp³-hybridized carbons (Fsp3) is 0.500. The first kappa shape index (κ1) is 13.9. The van der Waals surface area contributed by atoms with Crippen LogP contribution in [0.2, 0.25) is 0 Å². The molecule has 112 valence electrons. The third-order valence-corrected chi connectivity index (χ3v) is 4.48. The van der Waals surface area contributed by atoms with Crippen LogP contribution in [0.25, 0.3) is 10.9 Å². The van der Waals surface area contributed by atoms with Gasteiger partial charge in [-0.2, -0.15) is 5.10 Å². The zero-order valence-corrected chi connectivity index (χ0v) is 12.4. The number of aromatic nitrogens is 2. The van der Waals surface area contributed by atoms with E-state index in [-0.39, 0.29) is 11.9 Å². The van der Waals surface area contributed by atoms with Crippen molar-refractivity contribution in [3.63, 3.8) is 0 Å². The Morgan fingerprint density at radius 1 is 1.33 bits per heavy atom. The number of nitrogen functional groups attached to an aromatic ring is 1. The van der Waals surface area contributed by atoms with Gasteiger partial charge < -0.3 is 11.1 Å².